The minimum Gasteiger partial charge on any atom is -0.283 e. The van der Waals surface area contributed by atoms with E-state index in [0.29, 0.717) is 0 Å². The van der Waals surface area contributed by atoms with Crippen LogP contribution in [0.25, 0.3) is 27.4 Å². The molecule has 0 fully saturated rings. The molecule has 2 heterocycles. The molecule has 0 saturated heterocycles. The molecule has 0 aliphatic carbocycles. The Balaban J connectivity index is 2.25. The van der Waals surface area contributed by atoms with Crippen LogP contribution in [0.15, 0.2) is 65.6 Å². The van der Waals surface area contributed by atoms with Gasteiger partial charge in [-0.15, -0.1) is 0 Å². The van der Waals surface area contributed by atoms with Crippen LogP contribution in [0.3, 0.4) is 0 Å². The predicted molar refractivity (Wildman–Crippen MR) is 82.5 cm³/mol. The minimum absolute atomic E-state index is 0.0578. The van der Waals surface area contributed by atoms with Gasteiger partial charge in [-0.25, -0.2) is 0 Å². The maximum absolute atomic E-state index is 12.8. The zero-order valence-electron chi connectivity index (χ0n) is 11.1. The molecule has 2 heteroatoms. The van der Waals surface area contributed by atoms with Gasteiger partial charge in [-0.2, -0.15) is 0 Å². The SMILES string of the molecule is Cc1c(-c2ccccc2)c(=O)n2ccc3cccc1c32. The number of hydrogen-bond donors (Lipinski definition) is 0. The van der Waals surface area contributed by atoms with E-state index in [1.807, 2.05) is 61.7 Å². The Morgan fingerprint density at radius 2 is 1.70 bits per heavy atom. The lowest BCUT2D eigenvalue weighted by atomic mass is 9.98. The molecule has 0 aliphatic rings. The van der Waals surface area contributed by atoms with E-state index in [4.69, 9.17) is 0 Å². The average molecular weight is 259 g/mol. The molecule has 0 amide bonds. The van der Waals surface area contributed by atoms with Crippen molar-refractivity contribution in [3.05, 3.63) is 76.7 Å². The summed E-state index contributed by atoms with van der Waals surface area (Å²) in [6, 6.07) is 18.1. The number of aromatic nitrogens is 1. The van der Waals surface area contributed by atoms with Crippen molar-refractivity contribution < 1.29 is 0 Å². The number of nitrogens with zero attached hydrogens (tertiary/aromatic N) is 1. The van der Waals surface area contributed by atoms with E-state index >= 15 is 0 Å². The number of hydrogen-bond acceptors (Lipinski definition) is 1. The van der Waals surface area contributed by atoms with E-state index in [1.54, 1.807) is 4.40 Å². The van der Waals surface area contributed by atoms with Crippen LogP contribution in [0, 0.1) is 6.92 Å². The van der Waals surface area contributed by atoms with Gasteiger partial charge >= 0.3 is 0 Å². The van der Waals surface area contributed by atoms with Crippen LogP contribution in [0.2, 0.25) is 0 Å². The number of pyridine rings is 1. The van der Waals surface area contributed by atoms with Gasteiger partial charge in [0.1, 0.15) is 0 Å². The van der Waals surface area contributed by atoms with Crippen LogP contribution >= 0.6 is 0 Å². The van der Waals surface area contributed by atoms with Crippen molar-refractivity contribution in [1.29, 1.82) is 0 Å². The van der Waals surface area contributed by atoms with Crippen molar-refractivity contribution >= 4 is 16.3 Å². The Bertz CT molecular complexity index is 967. The molecule has 0 unspecified atom stereocenters. The monoisotopic (exact) mass is 259 g/mol. The smallest absolute Gasteiger partial charge is 0.263 e. The highest BCUT2D eigenvalue weighted by molar-refractivity contribution is 6.00. The van der Waals surface area contributed by atoms with Crippen molar-refractivity contribution in [3.63, 3.8) is 0 Å². The van der Waals surface area contributed by atoms with E-state index in [1.165, 1.54) is 0 Å². The minimum atomic E-state index is 0.0578. The first-order valence-electron chi connectivity index (χ1n) is 6.69. The first-order chi connectivity index (χ1) is 9.77. The first-order valence-corrected chi connectivity index (χ1v) is 6.69. The van der Waals surface area contributed by atoms with Crippen LogP contribution in [0.4, 0.5) is 0 Å². The summed E-state index contributed by atoms with van der Waals surface area (Å²) < 4.78 is 1.76. The van der Waals surface area contributed by atoms with Gasteiger partial charge in [-0.3, -0.25) is 9.20 Å². The molecule has 0 saturated carbocycles. The summed E-state index contributed by atoms with van der Waals surface area (Å²) in [5.41, 5.74) is 3.91. The molecule has 2 aromatic heterocycles. The van der Waals surface area contributed by atoms with Gasteiger partial charge in [0.25, 0.3) is 5.56 Å². The maximum Gasteiger partial charge on any atom is 0.263 e. The number of aryl methyl sites for hydroxylation is 1. The summed E-state index contributed by atoms with van der Waals surface area (Å²) in [5.74, 6) is 0. The molecule has 0 N–H and O–H groups in total. The molecule has 0 bridgehead atoms. The fourth-order valence-corrected chi connectivity index (χ4v) is 3.03. The molecule has 0 atom stereocenters. The van der Waals surface area contributed by atoms with E-state index < -0.39 is 0 Å². The van der Waals surface area contributed by atoms with Gasteiger partial charge in [0.05, 0.1) is 11.1 Å². The standard InChI is InChI=1S/C18H13NO/c1-12-15-9-5-8-14-10-11-19(17(14)15)18(20)16(12)13-6-3-2-4-7-13/h2-11H,1H3. The van der Waals surface area contributed by atoms with Crippen molar-refractivity contribution in [2.24, 2.45) is 0 Å². The average Bonchev–Trinajstić information content (AvgIpc) is 2.91. The summed E-state index contributed by atoms with van der Waals surface area (Å²) in [7, 11) is 0. The Morgan fingerprint density at radius 1 is 0.900 bits per heavy atom. The molecule has 20 heavy (non-hydrogen) atoms. The molecule has 4 aromatic rings. The quantitative estimate of drug-likeness (QED) is 0.508. The molecular formula is C18H13NO. The second kappa shape index (κ2) is 3.94. The molecule has 0 spiro atoms. The van der Waals surface area contributed by atoms with Gasteiger partial charge in [0.2, 0.25) is 0 Å². The van der Waals surface area contributed by atoms with Crippen molar-refractivity contribution in [2.75, 3.05) is 0 Å². The number of benzene rings is 2. The van der Waals surface area contributed by atoms with E-state index in [9.17, 15) is 4.79 Å². The molecule has 4 rings (SSSR count). The third-order valence-corrected chi connectivity index (χ3v) is 3.99. The highest BCUT2D eigenvalue weighted by Gasteiger charge is 2.15. The maximum atomic E-state index is 12.8. The van der Waals surface area contributed by atoms with Crippen LogP contribution in [-0.4, -0.2) is 4.40 Å². The van der Waals surface area contributed by atoms with Gasteiger partial charge < -0.3 is 0 Å². The molecule has 0 radical (unpaired) electrons. The number of para-hydroxylation sites is 1. The van der Waals surface area contributed by atoms with Gasteiger partial charge in [0, 0.05) is 17.0 Å². The normalized spacial score (nSPS) is 11.4. The summed E-state index contributed by atoms with van der Waals surface area (Å²) in [6.07, 6.45) is 1.87. The zero-order chi connectivity index (χ0) is 13.7. The summed E-state index contributed by atoms with van der Waals surface area (Å²) in [5, 5.41) is 2.26. The predicted octanol–water partition coefficient (Wildman–Crippen LogP) is 3.87. The number of rotatable bonds is 1. The van der Waals surface area contributed by atoms with Crippen molar-refractivity contribution in [1.82, 2.24) is 4.40 Å². The fourth-order valence-electron chi connectivity index (χ4n) is 3.03. The lowest BCUT2D eigenvalue weighted by Crippen LogP contribution is -2.16. The Kier molecular flexibility index (Phi) is 2.21. The summed E-state index contributed by atoms with van der Waals surface area (Å²) in [6.45, 7) is 2.03. The third kappa shape index (κ3) is 1.36. The largest absolute Gasteiger partial charge is 0.283 e. The molecule has 0 aliphatic heterocycles. The van der Waals surface area contributed by atoms with Gasteiger partial charge in [-0.1, -0.05) is 48.5 Å². The molecule has 2 nitrogen and oxygen atoms in total. The highest BCUT2D eigenvalue weighted by Crippen LogP contribution is 2.29. The van der Waals surface area contributed by atoms with Gasteiger partial charge in [0.15, 0.2) is 0 Å². The summed E-state index contributed by atoms with van der Waals surface area (Å²) >= 11 is 0. The lowest BCUT2D eigenvalue weighted by Gasteiger charge is -2.10. The van der Waals surface area contributed by atoms with Crippen molar-refractivity contribution in [2.45, 2.75) is 6.92 Å². The Morgan fingerprint density at radius 3 is 2.50 bits per heavy atom. The molecule has 2 aromatic carbocycles. The second-order valence-electron chi connectivity index (χ2n) is 5.10. The zero-order valence-corrected chi connectivity index (χ0v) is 11.1. The van der Waals surface area contributed by atoms with E-state index in [0.717, 1.165) is 33.0 Å². The molecule has 96 valence electrons. The Hall–Kier alpha value is -2.61. The first kappa shape index (κ1) is 11.2. The second-order valence-corrected chi connectivity index (χ2v) is 5.10. The lowest BCUT2D eigenvalue weighted by molar-refractivity contribution is 1.13. The van der Waals surface area contributed by atoms with E-state index in [2.05, 4.69) is 6.07 Å². The molecular weight excluding hydrogens is 246 g/mol. The van der Waals surface area contributed by atoms with Crippen LogP contribution in [0.1, 0.15) is 5.56 Å². The van der Waals surface area contributed by atoms with Gasteiger partial charge in [-0.05, 0) is 24.1 Å². The van der Waals surface area contributed by atoms with Crippen molar-refractivity contribution in [3.8, 4) is 11.1 Å². The highest BCUT2D eigenvalue weighted by atomic mass is 16.1. The van der Waals surface area contributed by atoms with E-state index in [-0.39, 0.29) is 5.56 Å². The third-order valence-electron chi connectivity index (χ3n) is 3.99. The Labute approximate surface area is 116 Å². The fraction of sp³-hybridized carbons (Fsp3) is 0.0556. The van der Waals surface area contributed by atoms with Crippen LogP contribution in [0.5, 0.6) is 0 Å². The summed E-state index contributed by atoms with van der Waals surface area (Å²) in [4.78, 5) is 12.8. The topological polar surface area (TPSA) is 21.5 Å². The van der Waals surface area contributed by atoms with Crippen LogP contribution in [-0.2, 0) is 0 Å². The van der Waals surface area contributed by atoms with Crippen LogP contribution < -0.4 is 5.56 Å².